The van der Waals surface area contributed by atoms with Gasteiger partial charge in [-0.15, -0.1) is 11.8 Å². The van der Waals surface area contributed by atoms with Crippen LogP contribution in [0.15, 0.2) is 47.4 Å². The van der Waals surface area contributed by atoms with E-state index in [1.165, 1.54) is 0 Å². The number of carbonyl (C=O) groups is 1. The van der Waals surface area contributed by atoms with Crippen LogP contribution in [-0.4, -0.2) is 18.3 Å². The van der Waals surface area contributed by atoms with Crippen molar-refractivity contribution in [2.45, 2.75) is 31.3 Å². The van der Waals surface area contributed by atoms with Crippen LogP contribution in [0.3, 0.4) is 0 Å². The highest BCUT2D eigenvalue weighted by atomic mass is 32.2. The molecule has 2 rings (SSSR count). The average molecular weight is 331 g/mol. The van der Waals surface area contributed by atoms with Crippen molar-refractivity contribution in [3.63, 3.8) is 0 Å². The second kappa shape index (κ2) is 7.92. The van der Waals surface area contributed by atoms with Gasteiger partial charge in [0.1, 0.15) is 17.2 Å². The quantitative estimate of drug-likeness (QED) is 0.760. The molecule has 5 heteroatoms. The molecule has 0 aliphatic heterocycles. The van der Waals surface area contributed by atoms with E-state index < -0.39 is 5.91 Å². The molecule has 0 fully saturated rings. The fraction of sp³-hybridized carbons (Fsp3) is 0.278. The summed E-state index contributed by atoms with van der Waals surface area (Å²) in [6.07, 6.45) is 2.93. The van der Waals surface area contributed by atoms with Crippen LogP contribution in [0.5, 0.6) is 17.2 Å². The zero-order valence-corrected chi connectivity index (χ0v) is 14.4. The first-order chi connectivity index (χ1) is 11.0. The molecule has 2 aromatic carbocycles. The largest absolute Gasteiger partial charge is 0.491 e. The maximum atomic E-state index is 11.5. The molecule has 23 heavy (non-hydrogen) atoms. The first kappa shape index (κ1) is 17.2. The highest BCUT2D eigenvalue weighted by molar-refractivity contribution is 7.98. The van der Waals surface area contributed by atoms with E-state index in [1.807, 2.05) is 44.4 Å². The summed E-state index contributed by atoms with van der Waals surface area (Å²) in [5.41, 5.74) is 5.76. The summed E-state index contributed by atoms with van der Waals surface area (Å²) in [6.45, 7) is 4.01. The van der Waals surface area contributed by atoms with E-state index in [-0.39, 0.29) is 6.10 Å². The Labute approximate surface area is 141 Å². The smallest absolute Gasteiger partial charge is 0.248 e. The van der Waals surface area contributed by atoms with Crippen molar-refractivity contribution in [2.75, 3.05) is 6.26 Å². The molecule has 0 heterocycles. The number of nitrogens with two attached hydrogens (primary N) is 1. The lowest BCUT2D eigenvalue weighted by molar-refractivity contribution is 0.0999. The van der Waals surface area contributed by atoms with E-state index in [9.17, 15) is 4.79 Å². The monoisotopic (exact) mass is 331 g/mol. The molecule has 1 unspecified atom stereocenters. The molecule has 2 N–H and O–H groups in total. The number of thioether (sulfide) groups is 1. The molecule has 2 aromatic rings. The molecule has 0 aromatic heterocycles. The van der Waals surface area contributed by atoms with Gasteiger partial charge in [-0.3, -0.25) is 4.79 Å². The Kier molecular flexibility index (Phi) is 5.93. The van der Waals surface area contributed by atoms with Gasteiger partial charge in [-0.1, -0.05) is 6.92 Å². The van der Waals surface area contributed by atoms with E-state index in [2.05, 4.69) is 0 Å². The molecule has 1 amide bonds. The number of hydrogen-bond acceptors (Lipinski definition) is 4. The van der Waals surface area contributed by atoms with Crippen molar-refractivity contribution in [3.8, 4) is 17.2 Å². The lowest BCUT2D eigenvalue weighted by Crippen LogP contribution is -2.13. The molecule has 0 radical (unpaired) electrons. The van der Waals surface area contributed by atoms with Crippen molar-refractivity contribution in [1.29, 1.82) is 0 Å². The fourth-order valence-corrected chi connectivity index (χ4v) is 2.34. The van der Waals surface area contributed by atoms with Crippen LogP contribution in [0.2, 0.25) is 0 Å². The minimum absolute atomic E-state index is 0.0480. The minimum Gasteiger partial charge on any atom is -0.491 e. The molecule has 1 atom stereocenters. The van der Waals surface area contributed by atoms with Crippen molar-refractivity contribution in [3.05, 3.63) is 48.0 Å². The lowest BCUT2D eigenvalue weighted by Gasteiger charge is -2.15. The number of ether oxygens (including phenoxy) is 2. The first-order valence-corrected chi connectivity index (χ1v) is 8.67. The van der Waals surface area contributed by atoms with Crippen LogP contribution in [0.1, 0.15) is 30.6 Å². The van der Waals surface area contributed by atoms with Gasteiger partial charge in [-0.25, -0.2) is 0 Å². The molecule has 0 saturated heterocycles. The van der Waals surface area contributed by atoms with E-state index in [1.54, 1.807) is 30.0 Å². The summed E-state index contributed by atoms with van der Waals surface area (Å²) < 4.78 is 11.6. The van der Waals surface area contributed by atoms with Crippen LogP contribution in [0.4, 0.5) is 0 Å². The zero-order chi connectivity index (χ0) is 16.8. The van der Waals surface area contributed by atoms with Gasteiger partial charge in [-0.2, -0.15) is 0 Å². The van der Waals surface area contributed by atoms with Crippen LogP contribution >= 0.6 is 11.8 Å². The summed E-state index contributed by atoms with van der Waals surface area (Å²) in [5, 5.41) is 0. The molecular formula is C18H21NO3S. The zero-order valence-electron chi connectivity index (χ0n) is 13.5. The maximum Gasteiger partial charge on any atom is 0.248 e. The summed E-state index contributed by atoms with van der Waals surface area (Å²) in [6, 6.07) is 12.8. The summed E-state index contributed by atoms with van der Waals surface area (Å²) in [4.78, 5) is 12.7. The number of carbonyl (C=O) groups excluding carboxylic acids is 1. The van der Waals surface area contributed by atoms with Gasteiger partial charge in [-0.05, 0) is 56.0 Å². The highest BCUT2D eigenvalue weighted by Gasteiger charge is 2.10. The van der Waals surface area contributed by atoms with Gasteiger partial charge in [0.15, 0.2) is 0 Å². The summed E-state index contributed by atoms with van der Waals surface area (Å²) in [7, 11) is 0. The van der Waals surface area contributed by atoms with Crippen molar-refractivity contribution >= 4 is 17.7 Å². The number of amides is 1. The third-order valence-electron chi connectivity index (χ3n) is 3.37. The predicted molar refractivity (Wildman–Crippen MR) is 93.6 cm³/mol. The lowest BCUT2D eigenvalue weighted by atomic mass is 10.2. The highest BCUT2D eigenvalue weighted by Crippen LogP contribution is 2.29. The molecule has 0 aliphatic carbocycles. The van der Waals surface area contributed by atoms with E-state index in [0.717, 1.165) is 11.3 Å². The standard InChI is InChI=1S/C18H21NO3S/c1-4-12(2)21-15-9-13(18(19)20)10-16(11-15)22-14-5-7-17(23-3)8-6-14/h5-12H,4H2,1-3H3,(H2,19,20). The third kappa shape index (κ3) is 4.93. The molecule has 122 valence electrons. The van der Waals surface area contributed by atoms with E-state index in [0.29, 0.717) is 22.8 Å². The average Bonchev–Trinajstić information content (AvgIpc) is 2.55. The topological polar surface area (TPSA) is 61.6 Å². The summed E-state index contributed by atoms with van der Waals surface area (Å²) in [5.74, 6) is 1.28. The fourth-order valence-electron chi connectivity index (χ4n) is 1.94. The van der Waals surface area contributed by atoms with E-state index in [4.69, 9.17) is 15.2 Å². The normalized spacial score (nSPS) is 11.8. The second-order valence-electron chi connectivity index (χ2n) is 5.17. The Hall–Kier alpha value is -2.14. The number of hydrogen-bond donors (Lipinski definition) is 1. The van der Waals surface area contributed by atoms with Crippen molar-refractivity contribution in [1.82, 2.24) is 0 Å². The molecule has 0 saturated carbocycles. The van der Waals surface area contributed by atoms with Gasteiger partial charge in [0, 0.05) is 16.5 Å². The van der Waals surface area contributed by atoms with Gasteiger partial charge in [0.25, 0.3) is 0 Å². The van der Waals surface area contributed by atoms with Crippen molar-refractivity contribution in [2.24, 2.45) is 5.73 Å². The van der Waals surface area contributed by atoms with E-state index >= 15 is 0 Å². The Morgan fingerprint density at radius 2 is 1.78 bits per heavy atom. The number of benzene rings is 2. The second-order valence-corrected chi connectivity index (χ2v) is 6.05. The molecule has 0 aliphatic rings. The molecule has 4 nitrogen and oxygen atoms in total. The Morgan fingerprint density at radius 3 is 2.35 bits per heavy atom. The van der Waals surface area contributed by atoms with Gasteiger partial charge in [0.2, 0.25) is 5.91 Å². The Bertz CT molecular complexity index is 670. The van der Waals surface area contributed by atoms with Gasteiger partial charge < -0.3 is 15.2 Å². The maximum absolute atomic E-state index is 11.5. The SMILES string of the molecule is CCC(C)Oc1cc(Oc2ccc(SC)cc2)cc(C(N)=O)c1. The van der Waals surface area contributed by atoms with Crippen LogP contribution < -0.4 is 15.2 Å². The Balaban J connectivity index is 2.26. The predicted octanol–water partition coefficient (Wildman–Crippen LogP) is 4.48. The Morgan fingerprint density at radius 1 is 1.13 bits per heavy atom. The van der Waals surface area contributed by atoms with Gasteiger partial charge in [0.05, 0.1) is 6.10 Å². The molecule has 0 spiro atoms. The number of rotatable bonds is 7. The van der Waals surface area contributed by atoms with Crippen LogP contribution in [0, 0.1) is 0 Å². The van der Waals surface area contributed by atoms with Gasteiger partial charge >= 0.3 is 0 Å². The molecule has 0 bridgehead atoms. The van der Waals surface area contributed by atoms with Crippen LogP contribution in [0.25, 0.3) is 0 Å². The third-order valence-corrected chi connectivity index (χ3v) is 4.12. The minimum atomic E-state index is -0.512. The molecular weight excluding hydrogens is 310 g/mol. The first-order valence-electron chi connectivity index (χ1n) is 7.45. The van der Waals surface area contributed by atoms with Crippen molar-refractivity contribution < 1.29 is 14.3 Å². The number of primary amides is 1. The summed E-state index contributed by atoms with van der Waals surface area (Å²) >= 11 is 1.67. The van der Waals surface area contributed by atoms with Crippen LogP contribution in [-0.2, 0) is 0 Å².